The van der Waals surface area contributed by atoms with E-state index in [1.165, 1.54) is 19.3 Å². The second-order valence-corrected chi connectivity index (χ2v) is 3.22. The molecule has 1 heterocycles. The van der Waals surface area contributed by atoms with E-state index in [9.17, 15) is 0 Å². The molecule has 0 aromatic heterocycles. The van der Waals surface area contributed by atoms with Crippen LogP contribution in [0.3, 0.4) is 0 Å². The lowest BCUT2D eigenvalue weighted by molar-refractivity contribution is 0.272. The van der Waals surface area contributed by atoms with Crippen molar-refractivity contribution in [3.05, 3.63) is 0 Å². The smallest absolute Gasteiger partial charge is 0.0842 e. The molecule has 0 aromatic rings. The van der Waals surface area contributed by atoms with Gasteiger partial charge in [0.15, 0.2) is 0 Å². The van der Waals surface area contributed by atoms with Crippen LogP contribution in [0.2, 0.25) is 0 Å². The average molecular weight is 158 g/mol. The monoisotopic (exact) mass is 158 g/mol. The summed E-state index contributed by atoms with van der Waals surface area (Å²) in [6.07, 6.45) is 6.70. The molecule has 0 amide bonds. The molecule has 1 rings (SSSR count). The molecule has 1 aliphatic rings. The minimum absolute atomic E-state index is 0.306. The lowest BCUT2D eigenvalue weighted by atomic mass is 10.1. The number of ether oxygens (including phenoxy) is 1. The van der Waals surface area contributed by atoms with Crippen molar-refractivity contribution in [3.8, 4) is 0 Å². The number of aliphatic hydroxyl groups excluding tert-OH is 1. The van der Waals surface area contributed by atoms with Gasteiger partial charge in [-0.25, -0.2) is 0 Å². The summed E-state index contributed by atoms with van der Waals surface area (Å²) in [5, 5.41) is 8.55. The van der Waals surface area contributed by atoms with Gasteiger partial charge in [0, 0.05) is 6.61 Å². The van der Waals surface area contributed by atoms with E-state index in [1.807, 2.05) is 0 Å². The molecule has 1 saturated heterocycles. The van der Waals surface area contributed by atoms with Crippen LogP contribution in [0.15, 0.2) is 0 Å². The largest absolute Gasteiger partial charge is 0.396 e. The summed E-state index contributed by atoms with van der Waals surface area (Å²) >= 11 is 0. The molecule has 0 bridgehead atoms. The number of hydrogen-bond acceptors (Lipinski definition) is 2. The molecule has 2 atom stereocenters. The standard InChI is InChI=1S/C9H18O2/c1-2-3-5-8-9(11-8)6-4-7-10/h8-10H,2-7H2,1H3. The van der Waals surface area contributed by atoms with E-state index in [1.54, 1.807) is 0 Å². The second kappa shape index (κ2) is 4.73. The van der Waals surface area contributed by atoms with Crippen LogP contribution in [-0.4, -0.2) is 23.9 Å². The van der Waals surface area contributed by atoms with Gasteiger partial charge >= 0.3 is 0 Å². The number of rotatable bonds is 6. The highest BCUT2D eigenvalue weighted by Crippen LogP contribution is 2.30. The van der Waals surface area contributed by atoms with Crippen LogP contribution in [0.5, 0.6) is 0 Å². The van der Waals surface area contributed by atoms with Crippen molar-refractivity contribution in [2.24, 2.45) is 0 Å². The topological polar surface area (TPSA) is 32.8 Å². The van der Waals surface area contributed by atoms with Gasteiger partial charge in [-0.2, -0.15) is 0 Å². The zero-order valence-electron chi connectivity index (χ0n) is 7.25. The molecule has 11 heavy (non-hydrogen) atoms. The van der Waals surface area contributed by atoms with E-state index in [4.69, 9.17) is 9.84 Å². The van der Waals surface area contributed by atoms with Crippen LogP contribution in [0, 0.1) is 0 Å². The molecule has 1 aliphatic heterocycles. The molecule has 66 valence electrons. The van der Waals surface area contributed by atoms with Crippen molar-refractivity contribution in [1.82, 2.24) is 0 Å². The summed E-state index contributed by atoms with van der Waals surface area (Å²) in [5.74, 6) is 0. The van der Waals surface area contributed by atoms with E-state index < -0.39 is 0 Å². The van der Waals surface area contributed by atoms with Gasteiger partial charge in [0.2, 0.25) is 0 Å². The fourth-order valence-corrected chi connectivity index (χ4v) is 1.38. The Morgan fingerprint density at radius 3 is 2.36 bits per heavy atom. The fourth-order valence-electron chi connectivity index (χ4n) is 1.38. The Labute approximate surface area is 68.6 Å². The molecular formula is C9H18O2. The molecule has 0 spiro atoms. The van der Waals surface area contributed by atoms with Crippen molar-refractivity contribution in [1.29, 1.82) is 0 Å². The third-order valence-electron chi connectivity index (χ3n) is 2.18. The van der Waals surface area contributed by atoms with Crippen molar-refractivity contribution in [2.45, 2.75) is 51.2 Å². The maximum Gasteiger partial charge on any atom is 0.0842 e. The summed E-state index contributed by atoms with van der Waals surface area (Å²) in [5.41, 5.74) is 0. The van der Waals surface area contributed by atoms with E-state index in [-0.39, 0.29) is 0 Å². The molecular weight excluding hydrogens is 140 g/mol. The van der Waals surface area contributed by atoms with Crippen molar-refractivity contribution < 1.29 is 9.84 Å². The van der Waals surface area contributed by atoms with Gasteiger partial charge in [-0.3, -0.25) is 0 Å². The van der Waals surface area contributed by atoms with E-state index >= 15 is 0 Å². The van der Waals surface area contributed by atoms with Crippen molar-refractivity contribution in [2.75, 3.05) is 6.61 Å². The minimum Gasteiger partial charge on any atom is -0.396 e. The average Bonchev–Trinajstić information content (AvgIpc) is 2.76. The first-order valence-electron chi connectivity index (χ1n) is 4.64. The van der Waals surface area contributed by atoms with E-state index in [0.29, 0.717) is 18.8 Å². The molecule has 2 heteroatoms. The van der Waals surface area contributed by atoms with Gasteiger partial charge in [-0.05, 0) is 19.3 Å². The van der Waals surface area contributed by atoms with E-state index in [2.05, 4.69) is 6.92 Å². The van der Waals surface area contributed by atoms with Gasteiger partial charge in [0.1, 0.15) is 0 Å². The number of aliphatic hydroxyl groups is 1. The first-order valence-corrected chi connectivity index (χ1v) is 4.64. The van der Waals surface area contributed by atoms with Crippen LogP contribution >= 0.6 is 0 Å². The highest BCUT2D eigenvalue weighted by Gasteiger charge is 2.36. The maximum atomic E-state index is 8.55. The summed E-state index contributed by atoms with van der Waals surface area (Å²) in [6.45, 7) is 2.51. The molecule has 0 radical (unpaired) electrons. The lowest BCUT2D eigenvalue weighted by Gasteiger charge is -1.92. The molecule has 0 aliphatic carbocycles. The Bertz CT molecular complexity index is 91.7. The zero-order valence-corrected chi connectivity index (χ0v) is 7.25. The van der Waals surface area contributed by atoms with Crippen LogP contribution in [0.25, 0.3) is 0 Å². The molecule has 0 aromatic carbocycles. The van der Waals surface area contributed by atoms with Crippen LogP contribution in [-0.2, 0) is 4.74 Å². The molecule has 1 fully saturated rings. The molecule has 0 saturated carbocycles. The first-order chi connectivity index (χ1) is 5.38. The Kier molecular flexibility index (Phi) is 3.87. The Morgan fingerprint density at radius 2 is 1.82 bits per heavy atom. The van der Waals surface area contributed by atoms with E-state index in [0.717, 1.165) is 12.8 Å². The molecule has 2 nitrogen and oxygen atoms in total. The third kappa shape index (κ3) is 3.21. The van der Waals surface area contributed by atoms with Gasteiger partial charge in [-0.1, -0.05) is 19.8 Å². The lowest BCUT2D eigenvalue weighted by Crippen LogP contribution is -1.95. The zero-order chi connectivity index (χ0) is 8.10. The predicted molar refractivity (Wildman–Crippen MR) is 44.5 cm³/mol. The summed E-state index contributed by atoms with van der Waals surface area (Å²) in [7, 11) is 0. The Hall–Kier alpha value is -0.0800. The molecule has 1 N–H and O–H groups in total. The second-order valence-electron chi connectivity index (χ2n) is 3.22. The van der Waals surface area contributed by atoms with Gasteiger partial charge < -0.3 is 9.84 Å². The SMILES string of the molecule is CCCCC1OC1CCCO. The van der Waals surface area contributed by atoms with Gasteiger partial charge in [-0.15, -0.1) is 0 Å². The number of unbranched alkanes of at least 4 members (excludes halogenated alkanes) is 1. The highest BCUT2D eigenvalue weighted by atomic mass is 16.6. The maximum absolute atomic E-state index is 8.55. The normalized spacial score (nSPS) is 28.9. The highest BCUT2D eigenvalue weighted by molar-refractivity contribution is 4.83. The predicted octanol–water partition coefficient (Wildman–Crippen LogP) is 1.72. The van der Waals surface area contributed by atoms with Gasteiger partial charge in [0.05, 0.1) is 12.2 Å². The Balaban J connectivity index is 1.89. The van der Waals surface area contributed by atoms with Crippen LogP contribution in [0.4, 0.5) is 0 Å². The van der Waals surface area contributed by atoms with Crippen LogP contribution < -0.4 is 0 Å². The fraction of sp³-hybridized carbons (Fsp3) is 1.00. The summed E-state index contributed by atoms with van der Waals surface area (Å²) in [6, 6.07) is 0. The summed E-state index contributed by atoms with van der Waals surface area (Å²) < 4.78 is 5.41. The summed E-state index contributed by atoms with van der Waals surface area (Å²) in [4.78, 5) is 0. The Morgan fingerprint density at radius 1 is 1.18 bits per heavy atom. The number of epoxide rings is 1. The minimum atomic E-state index is 0.306. The van der Waals surface area contributed by atoms with Crippen LogP contribution in [0.1, 0.15) is 39.0 Å². The first kappa shape index (κ1) is 9.01. The quantitative estimate of drug-likeness (QED) is 0.597. The number of hydrogen-bond donors (Lipinski definition) is 1. The van der Waals surface area contributed by atoms with Gasteiger partial charge in [0.25, 0.3) is 0 Å². The van der Waals surface area contributed by atoms with Crippen molar-refractivity contribution >= 4 is 0 Å². The molecule has 2 unspecified atom stereocenters. The van der Waals surface area contributed by atoms with Crippen molar-refractivity contribution in [3.63, 3.8) is 0 Å². The third-order valence-corrected chi connectivity index (χ3v) is 2.18.